The second-order valence-corrected chi connectivity index (χ2v) is 8.46. The van der Waals surface area contributed by atoms with Crippen LogP contribution >= 0.6 is 22.7 Å². The van der Waals surface area contributed by atoms with Crippen LogP contribution in [0.4, 0.5) is 0 Å². The molecule has 0 saturated heterocycles. The van der Waals surface area contributed by atoms with Gasteiger partial charge in [-0.2, -0.15) is 0 Å². The Morgan fingerprint density at radius 2 is 1.56 bits per heavy atom. The third-order valence-electron chi connectivity index (χ3n) is 3.79. The molecule has 2 aromatic rings. The lowest BCUT2D eigenvalue weighted by molar-refractivity contribution is 0.0526. The van der Waals surface area contributed by atoms with Crippen LogP contribution in [-0.2, 0) is 24.2 Å². The molecule has 0 aliphatic carbocycles. The van der Waals surface area contributed by atoms with E-state index in [1.54, 1.807) is 24.5 Å². The highest BCUT2D eigenvalue weighted by atomic mass is 32.1. The number of aliphatic hydroxyl groups is 1. The van der Waals surface area contributed by atoms with Crippen molar-refractivity contribution in [3.05, 3.63) is 32.2 Å². The minimum absolute atomic E-state index is 0.0818. The van der Waals surface area contributed by atoms with E-state index < -0.39 is 0 Å². The van der Waals surface area contributed by atoms with E-state index in [2.05, 4.69) is 23.8 Å². The van der Waals surface area contributed by atoms with Crippen molar-refractivity contribution >= 4 is 28.6 Å². The Hall–Kier alpha value is -1.31. The van der Waals surface area contributed by atoms with Gasteiger partial charge in [-0.1, -0.05) is 39.5 Å². The minimum Gasteiger partial charge on any atom is -0.461 e. The summed E-state index contributed by atoms with van der Waals surface area (Å²) in [6.45, 7) is 6.66. The summed E-state index contributed by atoms with van der Waals surface area (Å²) in [6, 6.07) is 0. The van der Waals surface area contributed by atoms with Crippen molar-refractivity contribution in [2.24, 2.45) is 0 Å². The molecule has 2 rings (SSSR count). The van der Waals surface area contributed by atoms with Crippen molar-refractivity contribution < 1.29 is 14.6 Å². The Labute approximate surface area is 170 Å². The number of carbonyl (C=O) groups is 1. The molecule has 0 saturated carbocycles. The van der Waals surface area contributed by atoms with Crippen LogP contribution in [-0.4, -0.2) is 27.7 Å². The molecule has 0 amide bonds. The number of aryl methyl sites for hydroxylation is 2. The second-order valence-electron chi connectivity index (χ2n) is 6.14. The molecule has 0 fully saturated rings. The summed E-state index contributed by atoms with van der Waals surface area (Å²) in [6.07, 6.45) is 13.2. The lowest BCUT2D eigenvalue weighted by atomic mass is 10.2. The van der Waals surface area contributed by atoms with Crippen molar-refractivity contribution in [1.82, 2.24) is 9.97 Å². The van der Waals surface area contributed by atoms with E-state index >= 15 is 0 Å². The monoisotopic (exact) mass is 412 g/mol. The SMILES string of the molecule is CCCCCc1cnc(C(=O)OCC)s1.CCCCCc1cnc(CO)s1. The van der Waals surface area contributed by atoms with Gasteiger partial charge in [-0.3, -0.25) is 0 Å². The average molecular weight is 413 g/mol. The van der Waals surface area contributed by atoms with Crippen molar-refractivity contribution in [2.75, 3.05) is 6.61 Å². The molecule has 0 aliphatic rings. The molecule has 0 aromatic carbocycles. The zero-order chi connectivity index (χ0) is 19.9. The molecule has 1 N–H and O–H groups in total. The van der Waals surface area contributed by atoms with E-state index in [0.717, 1.165) is 17.8 Å². The number of hydrogen-bond donors (Lipinski definition) is 1. The normalized spacial score (nSPS) is 10.4. The molecule has 2 heterocycles. The minimum atomic E-state index is -0.302. The van der Waals surface area contributed by atoms with E-state index in [1.807, 2.05) is 6.20 Å². The van der Waals surface area contributed by atoms with Gasteiger partial charge in [0, 0.05) is 22.1 Å². The fourth-order valence-corrected chi connectivity index (χ4v) is 4.02. The predicted molar refractivity (Wildman–Crippen MR) is 113 cm³/mol. The predicted octanol–water partition coefficient (Wildman–Crippen LogP) is 5.42. The Morgan fingerprint density at radius 3 is 2.07 bits per heavy atom. The van der Waals surface area contributed by atoms with Crippen molar-refractivity contribution in [1.29, 1.82) is 0 Å². The van der Waals surface area contributed by atoms with Gasteiger partial charge in [-0.15, -0.1) is 22.7 Å². The number of carbonyl (C=O) groups excluding carboxylic acids is 1. The fourth-order valence-electron chi connectivity index (χ4n) is 2.35. The van der Waals surface area contributed by atoms with E-state index in [4.69, 9.17) is 9.84 Å². The van der Waals surface area contributed by atoms with Crippen LogP contribution in [0.25, 0.3) is 0 Å². The Kier molecular flexibility index (Phi) is 12.9. The first-order chi connectivity index (χ1) is 13.1. The molecular formula is C20H32N2O3S2. The number of nitrogens with zero attached hydrogens (tertiary/aromatic N) is 2. The number of thiazole rings is 2. The van der Waals surface area contributed by atoms with Crippen LogP contribution < -0.4 is 0 Å². The number of unbranched alkanes of at least 4 members (excludes halogenated alkanes) is 4. The first-order valence-electron chi connectivity index (χ1n) is 9.80. The molecule has 0 aliphatic heterocycles. The van der Waals surface area contributed by atoms with Gasteiger partial charge >= 0.3 is 5.97 Å². The number of ether oxygens (including phenoxy) is 1. The quantitative estimate of drug-likeness (QED) is 0.394. The third-order valence-corrected chi connectivity index (χ3v) is 5.87. The average Bonchev–Trinajstić information content (AvgIpc) is 3.32. The lowest BCUT2D eigenvalue weighted by Crippen LogP contribution is -2.03. The Balaban J connectivity index is 0.000000277. The summed E-state index contributed by atoms with van der Waals surface area (Å²) in [7, 11) is 0. The number of hydrogen-bond acceptors (Lipinski definition) is 7. The maximum absolute atomic E-state index is 11.3. The summed E-state index contributed by atoms with van der Waals surface area (Å²) < 4.78 is 4.88. The lowest BCUT2D eigenvalue weighted by Gasteiger charge is -1.96. The topological polar surface area (TPSA) is 72.3 Å². The molecule has 2 aromatic heterocycles. The molecule has 0 bridgehead atoms. The van der Waals surface area contributed by atoms with Crippen molar-refractivity contribution in [2.45, 2.75) is 78.7 Å². The summed E-state index contributed by atoms with van der Waals surface area (Å²) in [5.74, 6) is -0.302. The van der Waals surface area contributed by atoms with Gasteiger partial charge in [0.05, 0.1) is 13.2 Å². The summed E-state index contributed by atoms with van der Waals surface area (Å²) in [5, 5.41) is 10.1. The van der Waals surface area contributed by atoms with Gasteiger partial charge in [0.1, 0.15) is 5.01 Å². The highest BCUT2D eigenvalue weighted by Gasteiger charge is 2.11. The summed E-state index contributed by atoms with van der Waals surface area (Å²) >= 11 is 3.07. The van der Waals surface area contributed by atoms with E-state index in [9.17, 15) is 4.79 Å². The van der Waals surface area contributed by atoms with Crippen LogP contribution in [0.1, 0.15) is 83.9 Å². The first kappa shape index (κ1) is 23.7. The maximum Gasteiger partial charge on any atom is 0.367 e. The van der Waals surface area contributed by atoms with Crippen LogP contribution in [0.15, 0.2) is 12.4 Å². The highest BCUT2D eigenvalue weighted by molar-refractivity contribution is 7.13. The zero-order valence-corrected chi connectivity index (χ0v) is 18.3. The molecule has 152 valence electrons. The third kappa shape index (κ3) is 9.98. The number of esters is 1. The molecular weight excluding hydrogens is 380 g/mol. The van der Waals surface area contributed by atoms with Crippen molar-refractivity contribution in [3.63, 3.8) is 0 Å². The largest absolute Gasteiger partial charge is 0.461 e. The van der Waals surface area contributed by atoms with Gasteiger partial charge < -0.3 is 9.84 Å². The van der Waals surface area contributed by atoms with Crippen LogP contribution in [0.3, 0.4) is 0 Å². The molecule has 0 unspecified atom stereocenters. The van der Waals surface area contributed by atoms with Crippen LogP contribution in [0.5, 0.6) is 0 Å². The van der Waals surface area contributed by atoms with Crippen molar-refractivity contribution in [3.8, 4) is 0 Å². The molecule has 27 heavy (non-hydrogen) atoms. The Bertz CT molecular complexity index is 641. The van der Waals surface area contributed by atoms with E-state index in [0.29, 0.717) is 11.6 Å². The van der Waals surface area contributed by atoms with Gasteiger partial charge in [0.2, 0.25) is 5.01 Å². The van der Waals surface area contributed by atoms with Crippen LogP contribution in [0, 0.1) is 0 Å². The number of aliphatic hydroxyl groups excluding tert-OH is 1. The highest BCUT2D eigenvalue weighted by Crippen LogP contribution is 2.17. The zero-order valence-electron chi connectivity index (χ0n) is 16.7. The first-order valence-corrected chi connectivity index (χ1v) is 11.4. The smallest absolute Gasteiger partial charge is 0.367 e. The molecule has 0 spiro atoms. The molecule has 0 atom stereocenters. The maximum atomic E-state index is 11.3. The number of rotatable bonds is 11. The Morgan fingerprint density at radius 1 is 0.963 bits per heavy atom. The van der Waals surface area contributed by atoms with E-state index in [-0.39, 0.29) is 12.6 Å². The molecule has 7 heteroatoms. The number of aromatic nitrogens is 2. The van der Waals surface area contributed by atoms with Gasteiger partial charge in [0.25, 0.3) is 0 Å². The molecule has 5 nitrogen and oxygen atoms in total. The fraction of sp³-hybridized carbons (Fsp3) is 0.650. The second kappa shape index (κ2) is 14.7. The molecule has 0 radical (unpaired) electrons. The van der Waals surface area contributed by atoms with Gasteiger partial charge in [-0.25, -0.2) is 14.8 Å². The van der Waals surface area contributed by atoms with Crippen LogP contribution in [0.2, 0.25) is 0 Å². The summed E-state index contributed by atoms with van der Waals surface area (Å²) in [5.41, 5.74) is 0. The van der Waals surface area contributed by atoms with E-state index in [1.165, 1.54) is 59.6 Å². The summed E-state index contributed by atoms with van der Waals surface area (Å²) in [4.78, 5) is 21.9. The standard InChI is InChI=1S/C11H17NO2S.C9H15NOS/c1-3-5-6-7-9-8-12-10(15-9)11(13)14-4-2;1-2-3-4-5-8-6-10-9(7-11)12-8/h8H,3-7H2,1-2H3;6,11H,2-5,7H2,1H3. The van der Waals surface area contributed by atoms with Gasteiger partial charge in [-0.05, 0) is 32.6 Å². The van der Waals surface area contributed by atoms with Gasteiger partial charge in [0.15, 0.2) is 0 Å².